The summed E-state index contributed by atoms with van der Waals surface area (Å²) in [4.78, 5) is 69.4. The molecular formula is C36H56N6O7S2. The molecule has 0 aromatic carbocycles. The SMILES string of the molecule is C=CCNC(=O)C(=O)C(CCC)NC(=O)[C@@H]1[C@@H]2[C@H](CN1C(=O)[C@@H](NC(=O)N[C@H](CN(C)S(=O)(=O)c1cccs1)C(C)(C)C)C1CCCC1)C2(C)C. The van der Waals surface area contributed by atoms with E-state index >= 15 is 0 Å². The standard InChI is InChI=1S/C36H56N6O7S2/c1-9-14-24(30(43)32(45)37-18-10-2)38-31(44)29-27-23(36(27,6)7)20-42(29)33(46)28(22-15-11-12-16-22)40-34(47)39-25(35(3,4)5)21-41(8)51(48,49)26-17-13-19-50-26/h10,13,17,19,22-25,27-29H,2,9,11-12,14-16,18,20-21H2,1,3-8H3,(H,37,45)(H,38,44)(H2,39,40,47)/t23-,24?,25+,27-,28-,29-/m0/s1. The lowest BCUT2D eigenvalue weighted by Gasteiger charge is -2.37. The van der Waals surface area contributed by atoms with E-state index in [2.05, 4.69) is 41.7 Å². The van der Waals surface area contributed by atoms with Crippen LogP contribution in [-0.4, -0.2) is 98.0 Å². The largest absolute Gasteiger partial charge is 0.346 e. The normalized spacial score (nSPS) is 23.1. The Bertz CT molecular complexity index is 1570. The fourth-order valence-corrected chi connectivity index (χ4v) is 10.1. The van der Waals surface area contributed by atoms with Crippen LogP contribution >= 0.6 is 11.3 Å². The van der Waals surface area contributed by atoms with Crippen molar-refractivity contribution < 1.29 is 32.4 Å². The molecule has 51 heavy (non-hydrogen) atoms. The number of nitrogens with zero attached hydrogens (tertiary/aromatic N) is 2. The predicted octanol–water partition coefficient (Wildman–Crippen LogP) is 3.28. The van der Waals surface area contributed by atoms with Crippen LogP contribution < -0.4 is 21.3 Å². The Morgan fingerprint density at radius 3 is 2.35 bits per heavy atom. The average Bonchev–Trinajstić information content (AvgIpc) is 3.71. The minimum absolute atomic E-state index is 0.00919. The van der Waals surface area contributed by atoms with E-state index in [1.165, 1.54) is 17.4 Å². The molecule has 284 valence electrons. The summed E-state index contributed by atoms with van der Waals surface area (Å²) in [6.45, 7) is 15.7. The number of ketones is 1. The molecule has 0 bridgehead atoms. The first-order chi connectivity index (χ1) is 23.9. The lowest BCUT2D eigenvalue weighted by molar-refractivity contribution is -0.144. The molecule has 1 aromatic rings. The van der Waals surface area contributed by atoms with Crippen molar-refractivity contribution in [1.29, 1.82) is 0 Å². The number of fused-ring (bicyclic) bond motifs is 1. The average molecular weight is 749 g/mol. The molecule has 5 amide bonds. The van der Waals surface area contributed by atoms with Gasteiger partial charge in [0.2, 0.25) is 17.6 Å². The van der Waals surface area contributed by atoms with Crippen LogP contribution in [0.1, 0.15) is 80.1 Å². The van der Waals surface area contributed by atoms with Gasteiger partial charge >= 0.3 is 6.03 Å². The third-order valence-electron chi connectivity index (χ3n) is 11.0. The van der Waals surface area contributed by atoms with E-state index in [-0.39, 0.29) is 52.8 Å². The van der Waals surface area contributed by atoms with Crippen LogP contribution in [0.25, 0.3) is 0 Å². The summed E-state index contributed by atoms with van der Waals surface area (Å²) in [5, 5.41) is 12.9. The van der Waals surface area contributed by atoms with E-state index in [0.717, 1.165) is 37.0 Å². The van der Waals surface area contributed by atoms with Crippen molar-refractivity contribution in [2.45, 2.75) is 108 Å². The number of sulfonamides is 1. The van der Waals surface area contributed by atoms with Crippen LogP contribution in [0.2, 0.25) is 0 Å². The van der Waals surface area contributed by atoms with Crippen LogP contribution in [0.5, 0.6) is 0 Å². The van der Waals surface area contributed by atoms with Gasteiger partial charge in [-0.25, -0.2) is 13.2 Å². The Hall–Kier alpha value is -3.30. The first kappa shape index (κ1) is 40.5. The zero-order chi connectivity index (χ0) is 37.9. The van der Waals surface area contributed by atoms with E-state index < -0.39 is 63.2 Å². The number of nitrogens with one attached hydrogen (secondary N) is 4. The van der Waals surface area contributed by atoms with Gasteiger partial charge < -0.3 is 26.2 Å². The smallest absolute Gasteiger partial charge is 0.315 e. The van der Waals surface area contributed by atoms with Gasteiger partial charge in [-0.05, 0) is 59.3 Å². The molecule has 2 saturated carbocycles. The Morgan fingerprint density at radius 1 is 1.12 bits per heavy atom. The summed E-state index contributed by atoms with van der Waals surface area (Å²) in [7, 11) is -2.28. The molecular weight excluding hydrogens is 693 g/mol. The molecule has 3 aliphatic rings. The van der Waals surface area contributed by atoms with Crippen molar-refractivity contribution in [2.75, 3.05) is 26.7 Å². The monoisotopic (exact) mass is 748 g/mol. The Balaban J connectivity index is 1.53. The van der Waals surface area contributed by atoms with Crippen molar-refractivity contribution in [3.63, 3.8) is 0 Å². The maximum Gasteiger partial charge on any atom is 0.315 e. The maximum atomic E-state index is 14.5. The van der Waals surface area contributed by atoms with Crippen molar-refractivity contribution in [3.8, 4) is 0 Å². The van der Waals surface area contributed by atoms with E-state index in [1.54, 1.807) is 22.4 Å². The number of rotatable bonds is 16. The highest BCUT2D eigenvalue weighted by Gasteiger charge is 2.69. The molecule has 1 aromatic heterocycles. The lowest BCUT2D eigenvalue weighted by atomic mass is 9.86. The number of piperidine rings is 1. The Labute approximate surface area is 306 Å². The molecule has 15 heteroatoms. The molecule has 4 N–H and O–H groups in total. The molecule has 2 heterocycles. The number of likely N-dealkylation sites (N-methyl/N-ethyl adjacent to an activating group) is 1. The van der Waals surface area contributed by atoms with Gasteiger partial charge in [-0.15, -0.1) is 17.9 Å². The van der Waals surface area contributed by atoms with Crippen molar-refractivity contribution in [3.05, 3.63) is 30.2 Å². The number of hydrogen-bond acceptors (Lipinski definition) is 8. The topological polar surface area (TPSA) is 174 Å². The number of carbonyl (C=O) groups is 5. The predicted molar refractivity (Wildman–Crippen MR) is 196 cm³/mol. The van der Waals surface area contributed by atoms with Gasteiger partial charge in [0.05, 0.1) is 6.04 Å². The van der Waals surface area contributed by atoms with Crippen molar-refractivity contribution in [1.82, 2.24) is 30.5 Å². The molecule has 13 nitrogen and oxygen atoms in total. The number of likely N-dealkylation sites (tertiary alicyclic amines) is 1. The molecule has 1 unspecified atom stereocenters. The second kappa shape index (κ2) is 16.2. The molecule has 1 saturated heterocycles. The highest BCUT2D eigenvalue weighted by Crippen LogP contribution is 2.65. The summed E-state index contributed by atoms with van der Waals surface area (Å²) in [6, 6.07) is -0.803. The maximum absolute atomic E-state index is 14.5. The van der Waals surface area contributed by atoms with Gasteiger partial charge in [0, 0.05) is 32.7 Å². The van der Waals surface area contributed by atoms with Gasteiger partial charge in [-0.2, -0.15) is 4.31 Å². The number of hydrogen-bond donors (Lipinski definition) is 4. The van der Waals surface area contributed by atoms with Gasteiger partial charge in [0.1, 0.15) is 16.3 Å². The number of thiophene rings is 1. The highest BCUT2D eigenvalue weighted by molar-refractivity contribution is 7.91. The fraction of sp³-hybridized carbons (Fsp3) is 0.694. The number of amides is 5. The fourth-order valence-electron chi connectivity index (χ4n) is 7.68. The molecule has 0 radical (unpaired) electrons. The second-order valence-corrected chi connectivity index (χ2v) is 19.1. The summed E-state index contributed by atoms with van der Waals surface area (Å²) in [5.41, 5.74) is -0.739. The molecule has 0 spiro atoms. The number of carbonyl (C=O) groups excluding carboxylic acids is 5. The second-order valence-electron chi connectivity index (χ2n) is 15.9. The first-order valence-corrected chi connectivity index (χ1v) is 20.3. The van der Waals surface area contributed by atoms with Crippen LogP contribution in [0, 0.1) is 28.6 Å². The minimum atomic E-state index is -3.77. The zero-order valence-corrected chi connectivity index (χ0v) is 32.6. The minimum Gasteiger partial charge on any atom is -0.346 e. The van der Waals surface area contributed by atoms with Crippen molar-refractivity contribution >= 4 is 50.9 Å². The van der Waals surface area contributed by atoms with Crippen LogP contribution in [-0.2, 0) is 29.2 Å². The third kappa shape index (κ3) is 9.02. The summed E-state index contributed by atoms with van der Waals surface area (Å²) in [6.07, 6.45) is 5.55. The molecule has 4 rings (SSSR count). The molecule has 3 fully saturated rings. The van der Waals surface area contributed by atoms with Crippen molar-refractivity contribution in [2.24, 2.45) is 28.6 Å². The summed E-state index contributed by atoms with van der Waals surface area (Å²) >= 11 is 1.12. The highest BCUT2D eigenvalue weighted by atomic mass is 32.2. The van der Waals surface area contributed by atoms with Crippen LogP contribution in [0.3, 0.4) is 0 Å². The van der Waals surface area contributed by atoms with E-state index in [1.807, 2.05) is 27.7 Å². The Kier molecular flexibility index (Phi) is 12.8. The van der Waals surface area contributed by atoms with E-state index in [9.17, 15) is 32.4 Å². The van der Waals surface area contributed by atoms with Crippen LogP contribution in [0.4, 0.5) is 4.79 Å². The molecule has 6 atom stereocenters. The first-order valence-electron chi connectivity index (χ1n) is 18.0. The Morgan fingerprint density at radius 2 is 1.78 bits per heavy atom. The van der Waals surface area contributed by atoms with Gasteiger partial charge in [-0.1, -0.05) is 72.9 Å². The van der Waals surface area contributed by atoms with Gasteiger partial charge in [-0.3, -0.25) is 19.2 Å². The van der Waals surface area contributed by atoms with E-state index in [0.29, 0.717) is 13.0 Å². The summed E-state index contributed by atoms with van der Waals surface area (Å²) < 4.78 is 27.8. The zero-order valence-electron chi connectivity index (χ0n) is 31.0. The van der Waals surface area contributed by atoms with Gasteiger partial charge in [0.15, 0.2) is 0 Å². The quantitative estimate of drug-likeness (QED) is 0.148. The number of Topliss-reactive ketones (excluding diaryl/α,β-unsaturated/α-hetero) is 1. The summed E-state index contributed by atoms with van der Waals surface area (Å²) in [5.74, 6) is -2.61. The van der Waals surface area contributed by atoms with Crippen LogP contribution in [0.15, 0.2) is 34.4 Å². The third-order valence-corrected chi connectivity index (χ3v) is 14.2. The van der Waals surface area contributed by atoms with Gasteiger partial charge in [0.25, 0.3) is 15.9 Å². The molecule has 2 aliphatic carbocycles. The number of urea groups is 1. The molecule has 1 aliphatic heterocycles. The lowest BCUT2D eigenvalue weighted by Crippen LogP contribution is -2.61. The van der Waals surface area contributed by atoms with E-state index in [4.69, 9.17) is 0 Å².